The summed E-state index contributed by atoms with van der Waals surface area (Å²) in [6, 6.07) is 12.8. The van der Waals surface area contributed by atoms with Crippen molar-refractivity contribution >= 4 is 47.0 Å². The highest BCUT2D eigenvalue weighted by atomic mass is 32.2. The first-order valence-electron chi connectivity index (χ1n) is 11.0. The number of nitrogens with one attached hydrogen (secondary N) is 1. The van der Waals surface area contributed by atoms with E-state index in [4.69, 9.17) is 10.5 Å². The number of carbonyl (C=O) groups excluding carboxylic acids is 3. The molecule has 188 valence electrons. The second-order valence-electron chi connectivity index (χ2n) is 8.17. The highest BCUT2D eigenvalue weighted by molar-refractivity contribution is 8.00. The molecule has 2 aliphatic rings. The summed E-state index contributed by atoms with van der Waals surface area (Å²) in [5.74, 6) is -0.472. The van der Waals surface area contributed by atoms with Crippen LogP contribution in [0.4, 0.5) is 5.69 Å². The number of hydrogen-bond donors (Lipinski definition) is 2. The van der Waals surface area contributed by atoms with E-state index in [1.165, 1.54) is 52.7 Å². The molecule has 0 radical (unpaired) electrons. The van der Waals surface area contributed by atoms with Gasteiger partial charge < -0.3 is 15.8 Å². The Balaban J connectivity index is 1.45. The molecule has 1 saturated heterocycles. The molecule has 3 atom stereocenters. The van der Waals surface area contributed by atoms with E-state index in [1.54, 1.807) is 24.3 Å². The Labute approximate surface area is 215 Å². The normalized spacial score (nSPS) is 19.7. The average Bonchev–Trinajstić information content (AvgIpc) is 2.90. The van der Waals surface area contributed by atoms with Gasteiger partial charge in [0.15, 0.2) is 0 Å². The lowest BCUT2D eigenvalue weighted by Crippen LogP contribution is -2.71. The maximum atomic E-state index is 13.1. The van der Waals surface area contributed by atoms with E-state index in [2.05, 4.69) is 5.32 Å². The fourth-order valence-electron chi connectivity index (χ4n) is 3.94. The summed E-state index contributed by atoms with van der Waals surface area (Å²) < 4.78 is 5.47. The van der Waals surface area contributed by atoms with E-state index in [0.717, 1.165) is 5.57 Å². The van der Waals surface area contributed by atoms with Gasteiger partial charge in [-0.15, -0.1) is 11.8 Å². The van der Waals surface area contributed by atoms with Crippen molar-refractivity contribution in [3.05, 3.63) is 87.1 Å². The quantitative estimate of drug-likeness (QED) is 0.217. The predicted octanol–water partition coefficient (Wildman–Crippen LogP) is 2.36. The van der Waals surface area contributed by atoms with Crippen LogP contribution in [0.25, 0.3) is 0 Å². The summed E-state index contributed by atoms with van der Waals surface area (Å²) in [5, 5.41) is 13.1. The van der Waals surface area contributed by atoms with Crippen molar-refractivity contribution in [3.63, 3.8) is 0 Å². The SMILES string of the molecule is CSCC1=C(C(=O)OCc2ccc([N+](=O)[O-])cc2)N2C(=O)C(NC(=O)C(N)c3ccccc3)[C@@H]2SC1. The third kappa shape index (κ3) is 5.25. The number of nitro benzene ring substituents is 1. The highest BCUT2D eigenvalue weighted by Gasteiger charge is 2.54. The minimum atomic E-state index is -0.921. The number of ether oxygens (including phenoxy) is 1. The van der Waals surface area contributed by atoms with Crippen LogP contribution in [-0.2, 0) is 25.7 Å². The van der Waals surface area contributed by atoms with Crippen LogP contribution in [-0.4, -0.2) is 56.8 Å². The molecule has 2 heterocycles. The molecule has 10 nitrogen and oxygen atoms in total. The number of benzene rings is 2. The molecule has 0 saturated carbocycles. The summed E-state index contributed by atoms with van der Waals surface area (Å²) in [6.07, 6.45) is 1.90. The number of nitrogens with two attached hydrogens (primary N) is 1. The van der Waals surface area contributed by atoms with Crippen LogP contribution >= 0.6 is 23.5 Å². The Kier molecular flexibility index (Phi) is 7.97. The van der Waals surface area contributed by atoms with Crippen LogP contribution in [0.2, 0.25) is 0 Å². The summed E-state index contributed by atoms with van der Waals surface area (Å²) in [5.41, 5.74) is 8.19. The molecule has 2 aromatic rings. The minimum Gasteiger partial charge on any atom is -0.456 e. The van der Waals surface area contributed by atoms with E-state index < -0.39 is 40.2 Å². The first-order valence-corrected chi connectivity index (χ1v) is 13.4. The lowest BCUT2D eigenvalue weighted by Gasteiger charge is -2.49. The molecule has 2 aliphatic heterocycles. The van der Waals surface area contributed by atoms with Gasteiger partial charge in [0.2, 0.25) is 5.91 Å². The minimum absolute atomic E-state index is 0.0616. The van der Waals surface area contributed by atoms with Gasteiger partial charge in [0, 0.05) is 23.6 Å². The number of carbonyl (C=O) groups is 3. The van der Waals surface area contributed by atoms with Crippen molar-refractivity contribution < 1.29 is 24.0 Å². The molecule has 0 spiro atoms. The molecular weight excluding hydrogens is 504 g/mol. The zero-order valence-corrected chi connectivity index (χ0v) is 20.9. The Bertz CT molecular complexity index is 1200. The monoisotopic (exact) mass is 528 g/mol. The number of amides is 2. The Morgan fingerprint density at radius 2 is 1.94 bits per heavy atom. The van der Waals surface area contributed by atoms with Crippen molar-refractivity contribution in [2.75, 3.05) is 17.8 Å². The topological polar surface area (TPSA) is 145 Å². The van der Waals surface area contributed by atoms with E-state index >= 15 is 0 Å². The second kappa shape index (κ2) is 11.1. The number of thioether (sulfide) groups is 2. The zero-order chi connectivity index (χ0) is 25.8. The van der Waals surface area contributed by atoms with Crippen LogP contribution in [0.15, 0.2) is 65.9 Å². The van der Waals surface area contributed by atoms with Crippen LogP contribution in [0.1, 0.15) is 17.2 Å². The molecule has 3 N–H and O–H groups in total. The van der Waals surface area contributed by atoms with Crippen LogP contribution in [0, 0.1) is 10.1 Å². The molecule has 1 fully saturated rings. The first kappa shape index (κ1) is 25.7. The van der Waals surface area contributed by atoms with Gasteiger partial charge >= 0.3 is 5.97 Å². The van der Waals surface area contributed by atoms with Gasteiger partial charge in [-0.05, 0) is 35.1 Å². The van der Waals surface area contributed by atoms with Crippen molar-refractivity contribution in [2.24, 2.45) is 5.73 Å². The zero-order valence-electron chi connectivity index (χ0n) is 19.3. The Hall–Kier alpha value is -3.35. The molecule has 2 unspecified atom stereocenters. The van der Waals surface area contributed by atoms with E-state index in [0.29, 0.717) is 22.6 Å². The second-order valence-corrected chi connectivity index (χ2v) is 10.1. The van der Waals surface area contributed by atoms with Gasteiger partial charge in [0.25, 0.3) is 11.6 Å². The summed E-state index contributed by atoms with van der Waals surface area (Å²) in [4.78, 5) is 50.6. The molecule has 2 aromatic carbocycles. The number of non-ortho nitro benzene ring substituents is 1. The molecule has 12 heteroatoms. The fourth-order valence-corrected chi connectivity index (χ4v) is 6.01. The van der Waals surface area contributed by atoms with Crippen molar-refractivity contribution in [1.29, 1.82) is 0 Å². The lowest BCUT2D eigenvalue weighted by molar-refractivity contribution is -0.384. The summed E-state index contributed by atoms with van der Waals surface area (Å²) in [6.45, 7) is -0.0984. The largest absolute Gasteiger partial charge is 0.456 e. The molecule has 0 aliphatic carbocycles. The average molecular weight is 529 g/mol. The highest BCUT2D eigenvalue weighted by Crippen LogP contribution is 2.41. The number of hydrogen-bond acceptors (Lipinski definition) is 9. The van der Waals surface area contributed by atoms with E-state index in [1.807, 2.05) is 12.3 Å². The van der Waals surface area contributed by atoms with Crippen LogP contribution in [0.3, 0.4) is 0 Å². The summed E-state index contributed by atoms with van der Waals surface area (Å²) >= 11 is 2.99. The third-order valence-corrected chi connectivity index (χ3v) is 7.79. The lowest BCUT2D eigenvalue weighted by atomic mass is 10.0. The van der Waals surface area contributed by atoms with Crippen LogP contribution < -0.4 is 11.1 Å². The molecule has 36 heavy (non-hydrogen) atoms. The predicted molar refractivity (Wildman–Crippen MR) is 137 cm³/mol. The number of fused-ring (bicyclic) bond motifs is 1. The third-order valence-electron chi connectivity index (χ3n) is 5.82. The Morgan fingerprint density at radius 1 is 1.25 bits per heavy atom. The number of esters is 1. The maximum Gasteiger partial charge on any atom is 0.355 e. The van der Waals surface area contributed by atoms with Crippen molar-refractivity contribution in [2.45, 2.75) is 24.1 Å². The van der Waals surface area contributed by atoms with Gasteiger partial charge in [0.1, 0.15) is 29.8 Å². The van der Waals surface area contributed by atoms with Gasteiger partial charge in [-0.25, -0.2) is 4.79 Å². The molecule has 0 bridgehead atoms. The number of rotatable bonds is 9. The van der Waals surface area contributed by atoms with E-state index in [9.17, 15) is 24.5 Å². The number of β-lactam (4-membered cyclic amide) rings is 1. The summed E-state index contributed by atoms with van der Waals surface area (Å²) in [7, 11) is 0. The number of nitro groups is 1. The molecule has 4 rings (SSSR count). The standard InChI is InChI=1S/C24H24N4O6S2/c1-35-12-16-13-36-23-19(26-21(29)18(25)15-5-3-2-4-6-15)22(30)27(23)20(16)24(31)34-11-14-7-9-17(10-8-14)28(32)33/h2-10,18-19,23H,11-13,25H2,1H3,(H,26,29)/t18?,19?,23-/m0/s1. The van der Waals surface area contributed by atoms with Crippen molar-refractivity contribution in [1.82, 2.24) is 10.2 Å². The first-order chi connectivity index (χ1) is 17.3. The van der Waals surface area contributed by atoms with Gasteiger partial charge in [-0.3, -0.25) is 24.6 Å². The van der Waals surface area contributed by atoms with Gasteiger partial charge in [-0.1, -0.05) is 30.3 Å². The number of nitrogens with zero attached hydrogens (tertiary/aromatic N) is 2. The Morgan fingerprint density at radius 3 is 2.58 bits per heavy atom. The van der Waals surface area contributed by atoms with E-state index in [-0.39, 0.29) is 18.0 Å². The molecule has 0 aromatic heterocycles. The van der Waals surface area contributed by atoms with Crippen molar-refractivity contribution in [3.8, 4) is 0 Å². The van der Waals surface area contributed by atoms with Gasteiger partial charge in [-0.2, -0.15) is 11.8 Å². The molecular formula is C24H24N4O6S2. The smallest absolute Gasteiger partial charge is 0.355 e. The maximum absolute atomic E-state index is 13.1. The molecule has 2 amide bonds. The fraction of sp³-hybridized carbons (Fsp3) is 0.292. The van der Waals surface area contributed by atoms with Gasteiger partial charge in [0.05, 0.1) is 4.92 Å². The van der Waals surface area contributed by atoms with Crippen LogP contribution in [0.5, 0.6) is 0 Å².